The maximum atomic E-state index is 10.8. The zero-order valence-corrected chi connectivity index (χ0v) is 11.1. The van der Waals surface area contributed by atoms with Crippen molar-refractivity contribution in [2.45, 2.75) is 39.2 Å². The SMILES string of the molecule is CCCCC(O[PH](=O)O)c1ccc(O)c(C)c1. The summed E-state index contributed by atoms with van der Waals surface area (Å²) in [6.07, 6.45) is 2.27. The van der Waals surface area contributed by atoms with Crippen molar-refractivity contribution in [2.24, 2.45) is 0 Å². The molecule has 1 aromatic carbocycles. The van der Waals surface area contributed by atoms with Crippen LogP contribution in [0.15, 0.2) is 18.2 Å². The summed E-state index contributed by atoms with van der Waals surface area (Å²) in [6.45, 7) is 3.85. The Morgan fingerprint density at radius 3 is 2.71 bits per heavy atom. The highest BCUT2D eigenvalue weighted by molar-refractivity contribution is 7.32. The molecule has 96 valence electrons. The molecule has 0 bridgehead atoms. The third-order valence-electron chi connectivity index (χ3n) is 2.66. The second kappa shape index (κ2) is 6.80. The predicted octanol–water partition coefficient (Wildman–Crippen LogP) is 3.33. The van der Waals surface area contributed by atoms with Crippen LogP contribution in [0.25, 0.3) is 0 Å². The standard InChI is InChI=1S/C12H19O4P/c1-3-4-5-12(16-17(14)15)10-6-7-11(13)9(2)8-10/h6-8,12-13,17H,3-5H2,1-2H3,(H,14,15). The molecule has 1 aromatic rings. The normalized spacial score (nSPS) is 14.5. The zero-order chi connectivity index (χ0) is 12.8. The van der Waals surface area contributed by atoms with Crippen LogP contribution in [0.1, 0.15) is 43.4 Å². The van der Waals surface area contributed by atoms with E-state index >= 15 is 0 Å². The van der Waals surface area contributed by atoms with Gasteiger partial charge in [-0.1, -0.05) is 25.8 Å². The van der Waals surface area contributed by atoms with Gasteiger partial charge in [0.05, 0.1) is 6.10 Å². The summed E-state index contributed by atoms with van der Waals surface area (Å²) in [5, 5.41) is 9.44. The molecule has 2 unspecified atom stereocenters. The number of unbranched alkanes of at least 4 members (excludes halogenated alkanes) is 1. The molecule has 0 aliphatic carbocycles. The summed E-state index contributed by atoms with van der Waals surface area (Å²) in [5.41, 5.74) is 1.58. The maximum Gasteiger partial charge on any atom is 0.317 e. The Morgan fingerprint density at radius 1 is 1.47 bits per heavy atom. The Hall–Kier alpha value is -0.830. The van der Waals surface area contributed by atoms with Crippen molar-refractivity contribution < 1.29 is 19.1 Å². The van der Waals surface area contributed by atoms with E-state index < -0.39 is 8.25 Å². The summed E-state index contributed by atoms with van der Waals surface area (Å²) < 4.78 is 15.9. The van der Waals surface area contributed by atoms with Crippen LogP contribution in [0.5, 0.6) is 5.75 Å². The average Bonchev–Trinajstić information content (AvgIpc) is 2.27. The number of phenols is 1. The number of hydrogen-bond acceptors (Lipinski definition) is 3. The number of hydrogen-bond donors (Lipinski definition) is 2. The van der Waals surface area contributed by atoms with Gasteiger partial charge >= 0.3 is 8.25 Å². The molecule has 5 heteroatoms. The van der Waals surface area contributed by atoms with Crippen LogP contribution in [0.3, 0.4) is 0 Å². The van der Waals surface area contributed by atoms with Crippen LogP contribution in [0, 0.1) is 6.92 Å². The van der Waals surface area contributed by atoms with Gasteiger partial charge in [0.2, 0.25) is 0 Å². The fourth-order valence-corrected chi connectivity index (χ4v) is 2.18. The molecule has 0 aliphatic heterocycles. The smallest absolute Gasteiger partial charge is 0.317 e. The first-order valence-electron chi connectivity index (χ1n) is 5.73. The lowest BCUT2D eigenvalue weighted by Gasteiger charge is -2.16. The Bertz CT molecular complexity index is 392. The van der Waals surface area contributed by atoms with E-state index in [9.17, 15) is 9.67 Å². The van der Waals surface area contributed by atoms with Gasteiger partial charge in [-0.25, -0.2) is 0 Å². The van der Waals surface area contributed by atoms with Crippen molar-refractivity contribution in [2.75, 3.05) is 0 Å². The van der Waals surface area contributed by atoms with Crippen LogP contribution >= 0.6 is 8.25 Å². The summed E-state index contributed by atoms with van der Waals surface area (Å²) in [4.78, 5) is 8.88. The number of aryl methyl sites for hydroxylation is 1. The van der Waals surface area contributed by atoms with Gasteiger partial charge in [0, 0.05) is 0 Å². The fourth-order valence-electron chi connectivity index (χ4n) is 1.68. The van der Waals surface area contributed by atoms with E-state index in [2.05, 4.69) is 6.92 Å². The maximum absolute atomic E-state index is 10.8. The summed E-state index contributed by atoms with van der Waals surface area (Å²) in [5.74, 6) is 0.222. The molecule has 2 N–H and O–H groups in total. The van der Waals surface area contributed by atoms with E-state index in [0.717, 1.165) is 24.0 Å². The highest BCUT2D eigenvalue weighted by Gasteiger charge is 2.14. The Balaban J connectivity index is 2.86. The molecule has 0 heterocycles. The van der Waals surface area contributed by atoms with Crippen LogP contribution in [0.2, 0.25) is 0 Å². The molecular formula is C12H19O4P. The minimum atomic E-state index is -2.95. The molecule has 0 radical (unpaired) electrons. The van der Waals surface area contributed by atoms with Gasteiger partial charge in [-0.2, -0.15) is 0 Å². The van der Waals surface area contributed by atoms with E-state index in [0.29, 0.717) is 6.42 Å². The third-order valence-corrected chi connectivity index (χ3v) is 3.14. The molecule has 0 saturated carbocycles. The van der Waals surface area contributed by atoms with Crippen molar-refractivity contribution in [1.82, 2.24) is 0 Å². The molecule has 2 atom stereocenters. The van der Waals surface area contributed by atoms with Gasteiger partial charge < -0.3 is 14.5 Å². The summed E-state index contributed by atoms with van der Waals surface area (Å²) in [7, 11) is -2.95. The number of rotatable bonds is 6. The zero-order valence-electron chi connectivity index (χ0n) is 10.1. The van der Waals surface area contributed by atoms with E-state index in [1.165, 1.54) is 0 Å². The van der Waals surface area contributed by atoms with E-state index in [-0.39, 0.29) is 11.9 Å². The first-order chi connectivity index (χ1) is 8.04. The fraction of sp³-hybridized carbons (Fsp3) is 0.500. The molecule has 4 nitrogen and oxygen atoms in total. The van der Waals surface area contributed by atoms with Crippen LogP contribution < -0.4 is 0 Å². The minimum absolute atomic E-state index is 0.222. The van der Waals surface area contributed by atoms with Crippen molar-refractivity contribution >= 4 is 8.25 Å². The van der Waals surface area contributed by atoms with E-state index in [4.69, 9.17) is 9.42 Å². The first-order valence-corrected chi connectivity index (χ1v) is 7.00. The first kappa shape index (κ1) is 14.2. The largest absolute Gasteiger partial charge is 0.508 e. The van der Waals surface area contributed by atoms with Gasteiger partial charge in [0.25, 0.3) is 0 Å². The molecule has 0 aliphatic rings. The second-order valence-corrected chi connectivity index (χ2v) is 4.83. The van der Waals surface area contributed by atoms with Gasteiger partial charge in [-0.05, 0) is 36.6 Å². The lowest BCUT2D eigenvalue weighted by molar-refractivity contribution is 0.179. The quantitative estimate of drug-likeness (QED) is 0.768. The predicted molar refractivity (Wildman–Crippen MR) is 67.4 cm³/mol. The van der Waals surface area contributed by atoms with E-state index in [1.807, 2.05) is 0 Å². The van der Waals surface area contributed by atoms with Gasteiger partial charge in [0.1, 0.15) is 5.75 Å². The van der Waals surface area contributed by atoms with Crippen molar-refractivity contribution in [3.63, 3.8) is 0 Å². The highest BCUT2D eigenvalue weighted by Crippen LogP contribution is 2.34. The number of phenolic OH excluding ortho intramolecular Hbond substituents is 1. The van der Waals surface area contributed by atoms with Crippen molar-refractivity contribution in [3.05, 3.63) is 29.3 Å². The van der Waals surface area contributed by atoms with Gasteiger partial charge in [-0.15, -0.1) is 0 Å². The Morgan fingerprint density at radius 2 is 2.18 bits per heavy atom. The van der Waals surface area contributed by atoms with Crippen LogP contribution in [-0.4, -0.2) is 10.00 Å². The van der Waals surface area contributed by atoms with Gasteiger partial charge in [-0.3, -0.25) is 4.57 Å². The highest BCUT2D eigenvalue weighted by atomic mass is 31.1. The third kappa shape index (κ3) is 4.50. The molecular weight excluding hydrogens is 239 g/mol. The summed E-state index contributed by atoms with van der Waals surface area (Å²) in [6, 6.07) is 5.11. The van der Waals surface area contributed by atoms with Crippen LogP contribution in [-0.2, 0) is 9.09 Å². The molecule has 1 rings (SSSR count). The number of aromatic hydroxyl groups is 1. The monoisotopic (exact) mass is 258 g/mol. The Labute approximate surface area is 102 Å². The van der Waals surface area contributed by atoms with Crippen molar-refractivity contribution in [3.8, 4) is 5.75 Å². The molecule has 0 saturated heterocycles. The average molecular weight is 258 g/mol. The molecule has 0 aromatic heterocycles. The van der Waals surface area contributed by atoms with Crippen molar-refractivity contribution in [1.29, 1.82) is 0 Å². The lowest BCUT2D eigenvalue weighted by Crippen LogP contribution is -2.00. The van der Waals surface area contributed by atoms with E-state index in [1.54, 1.807) is 25.1 Å². The second-order valence-electron chi connectivity index (χ2n) is 4.06. The Kier molecular flexibility index (Phi) is 5.69. The topological polar surface area (TPSA) is 66.8 Å². The molecule has 0 spiro atoms. The van der Waals surface area contributed by atoms with Crippen LogP contribution in [0.4, 0.5) is 0 Å². The molecule has 17 heavy (non-hydrogen) atoms. The number of benzene rings is 1. The molecule has 0 amide bonds. The minimum Gasteiger partial charge on any atom is -0.508 e. The van der Waals surface area contributed by atoms with Gasteiger partial charge in [0.15, 0.2) is 0 Å². The molecule has 0 fully saturated rings. The lowest BCUT2D eigenvalue weighted by atomic mass is 10.0. The summed E-state index contributed by atoms with van der Waals surface area (Å²) >= 11 is 0.